The van der Waals surface area contributed by atoms with Crippen molar-refractivity contribution in [3.8, 4) is 23.0 Å². The van der Waals surface area contributed by atoms with E-state index in [0.29, 0.717) is 33.3 Å². The van der Waals surface area contributed by atoms with Crippen molar-refractivity contribution < 1.29 is 9.47 Å². The highest BCUT2D eigenvalue weighted by molar-refractivity contribution is 5.43. The summed E-state index contributed by atoms with van der Waals surface area (Å²) in [4.78, 5) is 9.94. The van der Waals surface area contributed by atoms with Crippen LogP contribution in [0, 0.1) is 0 Å². The van der Waals surface area contributed by atoms with Gasteiger partial charge in [0.1, 0.15) is 23.0 Å². The number of benzene rings is 5. The zero-order chi connectivity index (χ0) is 26.0. The number of nitrogens with two attached hydrogens (primary N) is 2. The topological polar surface area (TPSA) is 95.2 Å². The maximum absolute atomic E-state index is 7.11. The van der Waals surface area contributed by atoms with Crippen molar-refractivity contribution in [3.05, 3.63) is 155 Å². The molecule has 0 saturated carbocycles. The molecule has 0 aliphatic carbocycles. The second kappa shape index (κ2) is 9.59. The van der Waals surface area contributed by atoms with Crippen molar-refractivity contribution in [1.82, 2.24) is 0 Å². The van der Waals surface area contributed by atoms with Gasteiger partial charge in [-0.1, -0.05) is 72.8 Å². The van der Waals surface area contributed by atoms with Crippen LogP contribution in [-0.4, -0.2) is 0 Å². The molecule has 38 heavy (non-hydrogen) atoms. The highest BCUT2D eigenvalue weighted by Gasteiger charge is 2.50. The summed E-state index contributed by atoms with van der Waals surface area (Å²) in [6.07, 6.45) is 0. The van der Waals surface area contributed by atoms with Crippen molar-refractivity contribution in [2.75, 3.05) is 0 Å². The van der Waals surface area contributed by atoms with Crippen LogP contribution >= 0.6 is 0 Å². The predicted molar refractivity (Wildman–Crippen MR) is 146 cm³/mol. The molecule has 0 radical (unpaired) electrons. The summed E-state index contributed by atoms with van der Waals surface area (Å²) in [6, 6.07) is 41.8. The van der Waals surface area contributed by atoms with Crippen LogP contribution in [-0.2, 0) is 11.3 Å². The van der Waals surface area contributed by atoms with Crippen molar-refractivity contribution in [3.63, 3.8) is 0 Å². The molecule has 5 aromatic rings. The van der Waals surface area contributed by atoms with Crippen LogP contribution < -0.4 is 31.7 Å². The molecule has 6 heteroatoms. The van der Waals surface area contributed by atoms with Gasteiger partial charge < -0.3 is 9.47 Å². The number of rotatable bonds is 6. The summed E-state index contributed by atoms with van der Waals surface area (Å²) in [5, 5.41) is 1.37. The smallest absolute Gasteiger partial charge is 0.177 e. The summed E-state index contributed by atoms with van der Waals surface area (Å²) < 4.78 is 11.9. The highest BCUT2D eigenvalue weighted by atomic mass is 16.5. The van der Waals surface area contributed by atoms with E-state index in [0.717, 1.165) is 11.5 Å². The SMILES string of the molecule is NC1(c2ccc(Oc3ccccc3)cc2)N=c2ccccc2=NC1(N)c1ccc(Oc2ccccc2)cc1. The number of hydrogen-bond donors (Lipinski definition) is 2. The average Bonchev–Trinajstić information content (AvgIpc) is 2.95. The fourth-order valence-corrected chi connectivity index (χ4v) is 4.58. The molecule has 0 saturated heterocycles. The van der Waals surface area contributed by atoms with E-state index in [2.05, 4.69) is 0 Å². The molecule has 1 heterocycles. The molecule has 1 aliphatic rings. The first-order valence-electron chi connectivity index (χ1n) is 12.3. The molecule has 186 valence electrons. The van der Waals surface area contributed by atoms with E-state index in [9.17, 15) is 0 Å². The summed E-state index contributed by atoms with van der Waals surface area (Å²) in [7, 11) is 0. The monoisotopic (exact) mass is 498 g/mol. The number of ether oxygens (including phenoxy) is 2. The Morgan fingerprint density at radius 2 is 0.711 bits per heavy atom. The van der Waals surface area contributed by atoms with Crippen LogP contribution in [0.25, 0.3) is 0 Å². The number of para-hydroxylation sites is 4. The van der Waals surface area contributed by atoms with Crippen LogP contribution in [0.15, 0.2) is 143 Å². The fourth-order valence-electron chi connectivity index (χ4n) is 4.58. The predicted octanol–water partition coefficient (Wildman–Crippen LogP) is 5.15. The van der Waals surface area contributed by atoms with Crippen LogP contribution in [0.4, 0.5) is 0 Å². The summed E-state index contributed by atoms with van der Waals surface area (Å²) in [5.41, 5.74) is 12.9. The van der Waals surface area contributed by atoms with Gasteiger partial charge in [0.2, 0.25) is 0 Å². The standard InChI is InChI=1S/C32H26N4O2/c33-31(23-15-19-27(20-16-23)37-25-9-3-1-4-10-25)32(34,36-30-14-8-7-13-29(30)35-31)24-17-21-28(22-18-24)38-26-11-5-2-6-12-26/h1-22H,33-34H2. The Bertz CT molecular complexity index is 1550. The minimum absolute atomic E-state index is 0.682. The Morgan fingerprint density at radius 1 is 0.395 bits per heavy atom. The molecule has 0 spiro atoms. The molecule has 0 fully saturated rings. The van der Waals surface area contributed by atoms with Crippen molar-refractivity contribution in [2.24, 2.45) is 21.5 Å². The minimum Gasteiger partial charge on any atom is -0.457 e. The molecule has 2 atom stereocenters. The van der Waals surface area contributed by atoms with Crippen LogP contribution in [0.2, 0.25) is 0 Å². The van der Waals surface area contributed by atoms with Crippen molar-refractivity contribution in [2.45, 2.75) is 11.3 Å². The van der Waals surface area contributed by atoms with Gasteiger partial charge in [0.25, 0.3) is 0 Å². The molecule has 5 aromatic carbocycles. The molecular formula is C32H26N4O2. The fraction of sp³-hybridized carbons (Fsp3) is 0.0625. The maximum atomic E-state index is 7.11. The van der Waals surface area contributed by atoms with E-state index in [1.54, 1.807) is 0 Å². The van der Waals surface area contributed by atoms with Crippen LogP contribution in [0.1, 0.15) is 11.1 Å². The second-order valence-electron chi connectivity index (χ2n) is 9.12. The van der Waals surface area contributed by atoms with Gasteiger partial charge in [-0.3, -0.25) is 21.5 Å². The minimum atomic E-state index is -1.38. The second-order valence-corrected chi connectivity index (χ2v) is 9.12. The van der Waals surface area contributed by atoms with Crippen molar-refractivity contribution >= 4 is 0 Å². The van der Waals surface area contributed by atoms with Gasteiger partial charge in [0.05, 0.1) is 10.7 Å². The lowest BCUT2D eigenvalue weighted by Crippen LogP contribution is -2.63. The third-order valence-electron chi connectivity index (χ3n) is 6.60. The van der Waals surface area contributed by atoms with E-state index in [4.69, 9.17) is 30.9 Å². The Hall–Kier alpha value is -4.78. The Morgan fingerprint density at radius 3 is 1.08 bits per heavy atom. The largest absolute Gasteiger partial charge is 0.457 e. The van der Waals surface area contributed by atoms with E-state index < -0.39 is 11.3 Å². The van der Waals surface area contributed by atoms with Gasteiger partial charge >= 0.3 is 0 Å². The van der Waals surface area contributed by atoms with Gasteiger partial charge in [0.15, 0.2) is 11.3 Å². The average molecular weight is 499 g/mol. The Labute approximate surface area is 220 Å². The molecule has 2 unspecified atom stereocenters. The normalized spacial score (nSPS) is 19.9. The molecule has 0 bridgehead atoms. The molecule has 0 aromatic heterocycles. The molecule has 0 amide bonds. The van der Waals surface area contributed by atoms with Gasteiger partial charge in [-0.05, 0) is 71.8 Å². The van der Waals surface area contributed by atoms with E-state index in [-0.39, 0.29) is 0 Å². The first-order chi connectivity index (χ1) is 18.5. The Kier molecular flexibility index (Phi) is 5.96. The van der Waals surface area contributed by atoms with E-state index in [1.807, 2.05) is 133 Å². The van der Waals surface area contributed by atoms with Crippen LogP contribution in [0.3, 0.4) is 0 Å². The summed E-state index contributed by atoms with van der Waals surface area (Å²) in [5.74, 6) is 2.86. The molecular weight excluding hydrogens is 472 g/mol. The Balaban J connectivity index is 1.39. The van der Waals surface area contributed by atoms with Gasteiger partial charge in [-0.25, -0.2) is 0 Å². The summed E-state index contributed by atoms with van der Waals surface area (Å²) >= 11 is 0. The van der Waals surface area contributed by atoms with Crippen LogP contribution in [0.5, 0.6) is 23.0 Å². The molecule has 6 rings (SSSR count). The zero-order valence-corrected chi connectivity index (χ0v) is 20.6. The van der Waals surface area contributed by atoms with E-state index >= 15 is 0 Å². The van der Waals surface area contributed by atoms with E-state index in [1.165, 1.54) is 0 Å². The third-order valence-corrected chi connectivity index (χ3v) is 6.60. The molecule has 6 nitrogen and oxygen atoms in total. The first kappa shape index (κ1) is 23.6. The lowest BCUT2D eigenvalue weighted by molar-refractivity contribution is 0.219. The number of fused-ring (bicyclic) bond motifs is 1. The maximum Gasteiger partial charge on any atom is 0.177 e. The third kappa shape index (κ3) is 4.32. The highest BCUT2D eigenvalue weighted by Crippen LogP contribution is 2.41. The van der Waals surface area contributed by atoms with Gasteiger partial charge in [-0.2, -0.15) is 0 Å². The summed E-state index contributed by atoms with van der Waals surface area (Å²) in [6.45, 7) is 0. The van der Waals surface area contributed by atoms with Gasteiger partial charge in [0, 0.05) is 0 Å². The zero-order valence-electron chi connectivity index (χ0n) is 20.6. The molecule has 4 N–H and O–H groups in total. The lowest BCUT2D eigenvalue weighted by Gasteiger charge is -2.42. The lowest BCUT2D eigenvalue weighted by atomic mass is 9.81. The number of hydrogen-bond acceptors (Lipinski definition) is 6. The number of nitrogens with zero attached hydrogens (tertiary/aromatic N) is 2. The van der Waals surface area contributed by atoms with Crippen molar-refractivity contribution in [1.29, 1.82) is 0 Å². The first-order valence-corrected chi connectivity index (χ1v) is 12.3. The van der Waals surface area contributed by atoms with Gasteiger partial charge in [-0.15, -0.1) is 0 Å². The quantitative estimate of drug-likeness (QED) is 0.339. The molecule has 1 aliphatic heterocycles.